The number of nitrogens with one attached hydrogen (secondary N) is 1. The first kappa shape index (κ1) is 6.95. The van der Waals surface area contributed by atoms with Crippen LogP contribution < -0.4 is 5.73 Å². The van der Waals surface area contributed by atoms with Crippen LogP contribution in [0.25, 0.3) is 0 Å². The van der Waals surface area contributed by atoms with E-state index in [9.17, 15) is 0 Å². The zero-order chi connectivity index (χ0) is 6.57. The quantitative estimate of drug-likeness (QED) is 0.311. The van der Waals surface area contributed by atoms with Gasteiger partial charge < -0.3 is 5.73 Å². The maximum Gasteiger partial charge on any atom is 0.122 e. The molecule has 44 valence electrons. The molecule has 0 aliphatic rings. The maximum atomic E-state index is 6.89. The van der Waals surface area contributed by atoms with Gasteiger partial charge in [-0.15, -0.1) is 0 Å². The van der Waals surface area contributed by atoms with E-state index < -0.39 is 0 Å². The van der Waals surface area contributed by atoms with Gasteiger partial charge >= 0.3 is 0 Å². The molecule has 0 aliphatic carbocycles. The van der Waals surface area contributed by atoms with E-state index in [0.29, 0.717) is 5.57 Å². The van der Waals surface area contributed by atoms with E-state index >= 15 is 0 Å². The number of allylic oxidation sites excluding steroid dienone is 1. The summed E-state index contributed by atoms with van der Waals surface area (Å²) in [6.07, 6.45) is 3.30. The second-order valence-electron chi connectivity index (χ2n) is 1.36. The molecule has 3 N–H and O–H groups in total. The fourth-order valence-corrected chi connectivity index (χ4v) is 0.383. The van der Waals surface area contributed by atoms with Crippen molar-refractivity contribution in [2.24, 2.45) is 5.73 Å². The number of hydrogen-bond acceptors (Lipinski definition) is 1. The van der Waals surface area contributed by atoms with Crippen molar-refractivity contribution in [2.75, 3.05) is 0 Å². The number of nitrogens with two attached hydrogens (primary N) is 1. The summed E-state index contributed by atoms with van der Waals surface area (Å²) in [6, 6.07) is 0. The molecule has 2 heteroatoms. The summed E-state index contributed by atoms with van der Waals surface area (Å²) in [5.41, 5.74) is 5.79. The minimum absolute atomic E-state index is 0.0718. The molecule has 0 amide bonds. The molecule has 8 heavy (non-hydrogen) atoms. The van der Waals surface area contributed by atoms with Crippen molar-refractivity contribution in [3.8, 4) is 0 Å². The summed E-state index contributed by atoms with van der Waals surface area (Å²) in [5.74, 6) is 0.0718. The third kappa shape index (κ3) is 1.60. The van der Waals surface area contributed by atoms with E-state index in [4.69, 9.17) is 11.1 Å². The van der Waals surface area contributed by atoms with Gasteiger partial charge in [0.25, 0.3) is 0 Å². The predicted octanol–water partition coefficient (Wildman–Crippen LogP) is 1.05. The molecule has 0 bridgehead atoms. The smallest absolute Gasteiger partial charge is 0.122 e. The SMILES string of the molecule is C=C/C(=C\C)C(=N)N. The fourth-order valence-electron chi connectivity index (χ4n) is 0.383. The van der Waals surface area contributed by atoms with Gasteiger partial charge in [-0.3, -0.25) is 5.41 Å². The van der Waals surface area contributed by atoms with Crippen molar-refractivity contribution in [2.45, 2.75) is 6.92 Å². The number of hydrogen-bond donors (Lipinski definition) is 2. The van der Waals surface area contributed by atoms with Crippen LogP contribution in [-0.2, 0) is 0 Å². The number of amidine groups is 1. The van der Waals surface area contributed by atoms with Gasteiger partial charge in [0, 0.05) is 5.57 Å². The summed E-state index contributed by atoms with van der Waals surface area (Å²) >= 11 is 0. The van der Waals surface area contributed by atoms with E-state index in [1.807, 2.05) is 6.92 Å². The molecular weight excluding hydrogens is 100 g/mol. The number of rotatable bonds is 2. The molecule has 0 atom stereocenters. The van der Waals surface area contributed by atoms with Gasteiger partial charge in [0.2, 0.25) is 0 Å². The van der Waals surface area contributed by atoms with Crippen LogP contribution in [0.2, 0.25) is 0 Å². The second-order valence-corrected chi connectivity index (χ2v) is 1.36. The minimum Gasteiger partial charge on any atom is -0.384 e. The summed E-state index contributed by atoms with van der Waals surface area (Å²) < 4.78 is 0. The first-order valence-electron chi connectivity index (χ1n) is 2.35. The molecule has 0 aromatic carbocycles. The monoisotopic (exact) mass is 110 g/mol. The van der Waals surface area contributed by atoms with Gasteiger partial charge in [0.15, 0.2) is 0 Å². The molecule has 0 rings (SSSR count). The van der Waals surface area contributed by atoms with Gasteiger partial charge in [0.05, 0.1) is 0 Å². The molecular formula is C6H10N2. The Balaban J connectivity index is 4.13. The van der Waals surface area contributed by atoms with Crippen molar-refractivity contribution in [3.63, 3.8) is 0 Å². The van der Waals surface area contributed by atoms with Crippen molar-refractivity contribution in [1.29, 1.82) is 5.41 Å². The van der Waals surface area contributed by atoms with Crippen LogP contribution in [0.3, 0.4) is 0 Å². The minimum atomic E-state index is 0.0718. The summed E-state index contributed by atoms with van der Waals surface area (Å²) in [6.45, 7) is 5.28. The summed E-state index contributed by atoms with van der Waals surface area (Å²) in [7, 11) is 0. The van der Waals surface area contributed by atoms with Gasteiger partial charge in [-0.05, 0) is 6.92 Å². The molecule has 0 saturated carbocycles. The molecule has 0 heterocycles. The Labute approximate surface area is 49.2 Å². The third-order valence-electron chi connectivity index (χ3n) is 0.842. The molecule has 0 radical (unpaired) electrons. The molecule has 0 aromatic heterocycles. The molecule has 0 unspecified atom stereocenters. The van der Waals surface area contributed by atoms with Crippen LogP contribution in [0.1, 0.15) is 6.92 Å². The van der Waals surface area contributed by atoms with Crippen LogP contribution in [0.15, 0.2) is 24.3 Å². The second kappa shape index (κ2) is 3.02. The standard InChI is InChI=1S/C6H10N2/c1-3-5(4-2)6(7)8/h3-4H,1H2,2H3,(H3,7,8)/b5-4+. The highest BCUT2D eigenvalue weighted by atomic mass is 14.7. The van der Waals surface area contributed by atoms with Gasteiger partial charge in [-0.1, -0.05) is 18.7 Å². The third-order valence-corrected chi connectivity index (χ3v) is 0.842. The zero-order valence-corrected chi connectivity index (χ0v) is 4.94. The Hall–Kier alpha value is -1.05. The highest BCUT2D eigenvalue weighted by Crippen LogP contribution is 1.91. The largest absolute Gasteiger partial charge is 0.384 e. The predicted molar refractivity (Wildman–Crippen MR) is 35.9 cm³/mol. The molecule has 0 aliphatic heterocycles. The van der Waals surface area contributed by atoms with Gasteiger partial charge in [0.1, 0.15) is 5.84 Å². The van der Waals surface area contributed by atoms with E-state index in [1.165, 1.54) is 0 Å². The molecule has 0 aromatic rings. The van der Waals surface area contributed by atoms with Crippen molar-refractivity contribution >= 4 is 5.84 Å². The highest BCUT2D eigenvalue weighted by Gasteiger charge is 1.88. The highest BCUT2D eigenvalue weighted by molar-refractivity contribution is 5.96. The Bertz CT molecular complexity index is 133. The topological polar surface area (TPSA) is 49.9 Å². The lowest BCUT2D eigenvalue weighted by Gasteiger charge is -1.92. The van der Waals surface area contributed by atoms with Crippen LogP contribution in [0.5, 0.6) is 0 Å². The van der Waals surface area contributed by atoms with Gasteiger partial charge in [-0.25, -0.2) is 0 Å². The summed E-state index contributed by atoms with van der Waals surface area (Å²) in [4.78, 5) is 0. The lowest BCUT2D eigenvalue weighted by molar-refractivity contribution is 1.42. The van der Waals surface area contributed by atoms with Crippen LogP contribution in [-0.4, -0.2) is 5.84 Å². The lowest BCUT2D eigenvalue weighted by Crippen LogP contribution is -2.10. The van der Waals surface area contributed by atoms with Crippen LogP contribution in [0, 0.1) is 5.41 Å². The Morgan fingerprint density at radius 2 is 2.25 bits per heavy atom. The Kier molecular flexibility index (Phi) is 2.62. The van der Waals surface area contributed by atoms with Crippen molar-refractivity contribution in [1.82, 2.24) is 0 Å². The first-order chi connectivity index (χ1) is 3.72. The molecule has 0 fully saturated rings. The lowest BCUT2D eigenvalue weighted by atomic mass is 10.2. The normalized spacial score (nSPS) is 10.9. The van der Waals surface area contributed by atoms with E-state index in [1.54, 1.807) is 12.2 Å². The zero-order valence-electron chi connectivity index (χ0n) is 4.94. The van der Waals surface area contributed by atoms with E-state index in [2.05, 4.69) is 6.58 Å². The molecule has 2 nitrogen and oxygen atoms in total. The van der Waals surface area contributed by atoms with E-state index in [0.717, 1.165) is 0 Å². The van der Waals surface area contributed by atoms with E-state index in [-0.39, 0.29) is 5.84 Å². The van der Waals surface area contributed by atoms with Crippen molar-refractivity contribution in [3.05, 3.63) is 24.3 Å². The average Bonchev–Trinajstić information content (AvgIpc) is 1.69. The van der Waals surface area contributed by atoms with Crippen molar-refractivity contribution < 1.29 is 0 Å². The first-order valence-corrected chi connectivity index (χ1v) is 2.35. The average molecular weight is 110 g/mol. The Morgan fingerprint density at radius 1 is 1.75 bits per heavy atom. The maximum absolute atomic E-state index is 6.89. The Morgan fingerprint density at radius 3 is 2.25 bits per heavy atom. The van der Waals surface area contributed by atoms with Crippen LogP contribution in [0.4, 0.5) is 0 Å². The molecule has 0 spiro atoms. The van der Waals surface area contributed by atoms with Gasteiger partial charge in [-0.2, -0.15) is 0 Å². The fraction of sp³-hybridized carbons (Fsp3) is 0.167. The molecule has 0 saturated heterocycles. The van der Waals surface area contributed by atoms with Crippen LogP contribution >= 0.6 is 0 Å². The summed E-state index contributed by atoms with van der Waals surface area (Å²) in [5, 5.41) is 6.89.